The third-order valence-corrected chi connectivity index (χ3v) is 1.73. The van der Waals surface area contributed by atoms with Gasteiger partial charge >= 0.3 is 0 Å². The zero-order valence-corrected chi connectivity index (χ0v) is 10.6. The first-order valence-electron chi connectivity index (χ1n) is 4.60. The molecule has 1 aromatic carbocycles. The average Bonchev–Trinajstić information content (AvgIpc) is 2.25. The molecule has 4 nitrogen and oxygen atoms in total. The van der Waals surface area contributed by atoms with Gasteiger partial charge in [-0.1, -0.05) is 30.3 Å². The second-order valence-corrected chi connectivity index (χ2v) is 2.90. The maximum Gasteiger partial charge on any atom is 0.188 e. The summed E-state index contributed by atoms with van der Waals surface area (Å²) in [7, 11) is 0. The first-order chi connectivity index (χ1) is 6.83. The highest BCUT2D eigenvalue weighted by Gasteiger charge is 1.90. The zero-order valence-electron chi connectivity index (χ0n) is 8.93. The summed E-state index contributed by atoms with van der Waals surface area (Å²) in [5, 5.41) is 2.91. The highest BCUT2D eigenvalue weighted by Crippen LogP contribution is 1.99. The number of rotatable bonds is 4. The molecule has 0 unspecified atom stereocenters. The molecule has 92 valence electrons. The smallest absolute Gasteiger partial charge is 0.188 e. The minimum Gasteiger partial charge on any atom is -0.370 e. The number of nitrogens with zero attached hydrogens (tertiary/aromatic N) is 1. The van der Waals surface area contributed by atoms with Crippen LogP contribution in [-0.4, -0.2) is 19.0 Å². The molecule has 1 rings (SSSR count). The molecule has 0 atom stereocenters. The molecule has 0 radical (unpaired) electrons. The quantitative estimate of drug-likeness (QED) is 0.559. The van der Waals surface area contributed by atoms with Crippen molar-refractivity contribution >= 4 is 30.8 Å². The summed E-state index contributed by atoms with van der Waals surface area (Å²) in [5.41, 5.74) is 12.0. The van der Waals surface area contributed by atoms with Gasteiger partial charge in [-0.05, 0) is 5.56 Å². The van der Waals surface area contributed by atoms with Gasteiger partial charge in [0.2, 0.25) is 0 Å². The van der Waals surface area contributed by atoms with E-state index in [1.165, 1.54) is 0 Å². The van der Waals surface area contributed by atoms with Crippen LogP contribution in [0.4, 0.5) is 0 Å². The molecule has 6 heteroatoms. The molecule has 1 aromatic rings. The number of nitrogens with one attached hydrogen (secondary N) is 1. The maximum absolute atomic E-state index is 5.59. The van der Waals surface area contributed by atoms with Crippen molar-refractivity contribution in [2.75, 3.05) is 13.1 Å². The van der Waals surface area contributed by atoms with Crippen LogP contribution in [0.15, 0.2) is 35.3 Å². The van der Waals surface area contributed by atoms with Crippen molar-refractivity contribution in [3.05, 3.63) is 35.9 Å². The summed E-state index contributed by atoms with van der Waals surface area (Å²) in [6.07, 6.45) is 0. The van der Waals surface area contributed by atoms with E-state index < -0.39 is 0 Å². The van der Waals surface area contributed by atoms with E-state index in [1.54, 1.807) is 0 Å². The fourth-order valence-corrected chi connectivity index (χ4v) is 1.02. The molecule has 5 N–H and O–H groups in total. The second-order valence-electron chi connectivity index (χ2n) is 2.90. The van der Waals surface area contributed by atoms with Crippen molar-refractivity contribution < 1.29 is 0 Å². The van der Waals surface area contributed by atoms with E-state index in [2.05, 4.69) is 10.3 Å². The van der Waals surface area contributed by atoms with Crippen LogP contribution >= 0.6 is 24.8 Å². The van der Waals surface area contributed by atoms with Gasteiger partial charge in [-0.15, -0.1) is 24.8 Å². The number of benzene rings is 1. The van der Waals surface area contributed by atoms with Crippen molar-refractivity contribution in [2.45, 2.75) is 6.54 Å². The Morgan fingerprint density at radius 1 is 1.19 bits per heavy atom. The maximum atomic E-state index is 5.59. The Morgan fingerprint density at radius 3 is 2.38 bits per heavy atom. The van der Waals surface area contributed by atoms with E-state index in [0.29, 0.717) is 25.6 Å². The second kappa shape index (κ2) is 10.5. The van der Waals surface area contributed by atoms with Gasteiger partial charge in [0, 0.05) is 13.1 Å². The van der Waals surface area contributed by atoms with Gasteiger partial charge in [-0.2, -0.15) is 0 Å². The molecule has 0 spiro atoms. The van der Waals surface area contributed by atoms with Crippen molar-refractivity contribution in [1.29, 1.82) is 0 Å². The first kappa shape index (κ1) is 17.4. The fourth-order valence-electron chi connectivity index (χ4n) is 1.02. The lowest BCUT2D eigenvalue weighted by Gasteiger charge is -2.02. The van der Waals surface area contributed by atoms with Gasteiger partial charge in [-0.3, -0.25) is 0 Å². The van der Waals surface area contributed by atoms with Crippen LogP contribution in [0.25, 0.3) is 0 Å². The van der Waals surface area contributed by atoms with Crippen LogP contribution in [0.5, 0.6) is 0 Å². The third kappa shape index (κ3) is 7.34. The van der Waals surface area contributed by atoms with E-state index in [0.717, 1.165) is 5.56 Å². The molecule has 0 saturated carbocycles. The summed E-state index contributed by atoms with van der Waals surface area (Å²) in [6, 6.07) is 9.96. The van der Waals surface area contributed by atoms with E-state index in [9.17, 15) is 0 Å². The Bertz CT molecular complexity index is 290. The van der Waals surface area contributed by atoms with Crippen LogP contribution in [0.2, 0.25) is 0 Å². The average molecular weight is 265 g/mol. The SMILES string of the molecule is Cl.Cl.NCCNC(N)=NCc1ccccc1. The summed E-state index contributed by atoms with van der Waals surface area (Å²) in [4.78, 5) is 4.16. The Hall–Kier alpha value is -0.970. The Kier molecular flexibility index (Phi) is 11.5. The molecule has 16 heavy (non-hydrogen) atoms. The highest BCUT2D eigenvalue weighted by molar-refractivity contribution is 5.85. The van der Waals surface area contributed by atoms with Crippen LogP contribution in [0, 0.1) is 0 Å². The lowest BCUT2D eigenvalue weighted by molar-refractivity contribution is 0.857. The number of hydrogen-bond donors (Lipinski definition) is 3. The van der Waals surface area contributed by atoms with Gasteiger partial charge in [0.05, 0.1) is 6.54 Å². The summed E-state index contributed by atoms with van der Waals surface area (Å²) >= 11 is 0. The largest absolute Gasteiger partial charge is 0.370 e. The monoisotopic (exact) mass is 264 g/mol. The molecule has 0 fully saturated rings. The number of halogens is 2. The lowest BCUT2D eigenvalue weighted by atomic mass is 10.2. The van der Waals surface area contributed by atoms with Gasteiger partial charge in [0.15, 0.2) is 5.96 Å². The molecule has 0 aliphatic rings. The van der Waals surface area contributed by atoms with E-state index >= 15 is 0 Å². The minimum atomic E-state index is 0. The zero-order chi connectivity index (χ0) is 10.2. The van der Waals surface area contributed by atoms with Crippen LogP contribution in [-0.2, 0) is 6.54 Å². The molecule has 0 aliphatic heterocycles. The molecule has 0 amide bonds. The highest BCUT2D eigenvalue weighted by atomic mass is 35.5. The normalized spacial score (nSPS) is 9.94. The Labute approximate surface area is 108 Å². The number of aliphatic imine (C=N–C) groups is 1. The van der Waals surface area contributed by atoms with Gasteiger partial charge < -0.3 is 16.8 Å². The third-order valence-electron chi connectivity index (χ3n) is 1.73. The molecule has 0 aliphatic carbocycles. The van der Waals surface area contributed by atoms with Gasteiger partial charge in [-0.25, -0.2) is 4.99 Å². The molecule has 0 aromatic heterocycles. The van der Waals surface area contributed by atoms with E-state index in [1.807, 2.05) is 30.3 Å². The topological polar surface area (TPSA) is 76.4 Å². The Balaban J connectivity index is 0. The summed E-state index contributed by atoms with van der Waals surface area (Å²) in [5.74, 6) is 0.444. The van der Waals surface area contributed by atoms with Crippen molar-refractivity contribution in [2.24, 2.45) is 16.5 Å². The molecule has 0 saturated heterocycles. The van der Waals surface area contributed by atoms with Crippen LogP contribution in [0.3, 0.4) is 0 Å². The fraction of sp³-hybridized carbons (Fsp3) is 0.300. The molecule has 0 bridgehead atoms. The standard InChI is InChI=1S/C10H16N4.2ClH/c11-6-7-13-10(12)14-8-9-4-2-1-3-5-9;;/h1-5H,6-8,11H2,(H3,12,13,14);2*1H. The van der Waals surface area contributed by atoms with E-state index in [-0.39, 0.29) is 24.8 Å². The lowest BCUT2D eigenvalue weighted by Crippen LogP contribution is -2.35. The minimum absolute atomic E-state index is 0. The number of nitrogens with two attached hydrogens (primary N) is 2. The summed E-state index contributed by atoms with van der Waals surface area (Å²) < 4.78 is 0. The summed E-state index contributed by atoms with van der Waals surface area (Å²) in [6.45, 7) is 1.82. The predicted octanol–water partition coefficient (Wildman–Crippen LogP) is 0.893. The molecular weight excluding hydrogens is 247 g/mol. The van der Waals surface area contributed by atoms with Crippen molar-refractivity contribution in [3.63, 3.8) is 0 Å². The number of guanidine groups is 1. The van der Waals surface area contributed by atoms with Crippen LogP contribution in [0.1, 0.15) is 5.56 Å². The molecular formula is C10H18Cl2N4. The number of hydrogen-bond acceptors (Lipinski definition) is 2. The first-order valence-corrected chi connectivity index (χ1v) is 4.60. The predicted molar refractivity (Wildman–Crippen MR) is 73.3 cm³/mol. The van der Waals surface area contributed by atoms with Crippen LogP contribution < -0.4 is 16.8 Å². The van der Waals surface area contributed by atoms with Gasteiger partial charge in [0.1, 0.15) is 0 Å². The van der Waals surface area contributed by atoms with Crippen molar-refractivity contribution in [3.8, 4) is 0 Å². The van der Waals surface area contributed by atoms with E-state index in [4.69, 9.17) is 11.5 Å². The van der Waals surface area contributed by atoms with Crippen molar-refractivity contribution in [1.82, 2.24) is 5.32 Å². The molecule has 0 heterocycles. The Morgan fingerprint density at radius 2 is 1.81 bits per heavy atom. The van der Waals surface area contributed by atoms with Gasteiger partial charge in [0.25, 0.3) is 0 Å².